The van der Waals surface area contributed by atoms with Crippen LogP contribution >= 0.6 is 0 Å². The Kier molecular flexibility index (Phi) is 5.09. The molecule has 1 atom stereocenters. The van der Waals surface area contributed by atoms with Gasteiger partial charge in [0.15, 0.2) is 0 Å². The van der Waals surface area contributed by atoms with Gasteiger partial charge in [0, 0.05) is 24.9 Å². The van der Waals surface area contributed by atoms with Crippen molar-refractivity contribution in [1.29, 1.82) is 0 Å². The zero-order valence-corrected chi connectivity index (χ0v) is 14.4. The Morgan fingerprint density at radius 1 is 1.20 bits per heavy atom. The number of aliphatic hydroxyl groups excluding tert-OH is 1. The van der Waals surface area contributed by atoms with Gasteiger partial charge in [-0.05, 0) is 30.2 Å². The first-order valence-corrected chi connectivity index (χ1v) is 8.40. The van der Waals surface area contributed by atoms with Crippen molar-refractivity contribution in [2.24, 2.45) is 5.92 Å². The van der Waals surface area contributed by atoms with Crippen molar-refractivity contribution >= 4 is 22.9 Å². The van der Waals surface area contributed by atoms with Crippen LogP contribution in [0.15, 0.2) is 48.7 Å². The van der Waals surface area contributed by atoms with E-state index in [0.29, 0.717) is 12.5 Å². The maximum Gasteiger partial charge on any atom is 0.255 e. The molecule has 6 nitrogen and oxygen atoms in total. The topological polar surface area (TPSA) is 80.0 Å². The van der Waals surface area contributed by atoms with Crippen LogP contribution < -0.4 is 5.32 Å². The number of aryl methyl sites for hydroxylation is 2. The summed E-state index contributed by atoms with van der Waals surface area (Å²) in [6.07, 6.45) is 1.42. The molecule has 0 unspecified atom stereocenters. The van der Waals surface area contributed by atoms with E-state index < -0.39 is 12.0 Å². The SMILES string of the molecule is CC(C)[C@H](O)C(=O)Nc1nc2ccccc2n1CCc1ccccn1. The van der Waals surface area contributed by atoms with E-state index in [1.807, 2.05) is 47.0 Å². The summed E-state index contributed by atoms with van der Waals surface area (Å²) in [5.41, 5.74) is 2.71. The van der Waals surface area contributed by atoms with Gasteiger partial charge >= 0.3 is 0 Å². The van der Waals surface area contributed by atoms with Gasteiger partial charge in [0.2, 0.25) is 5.95 Å². The number of imidazole rings is 1. The number of rotatable bonds is 6. The summed E-state index contributed by atoms with van der Waals surface area (Å²) >= 11 is 0. The molecule has 1 amide bonds. The van der Waals surface area contributed by atoms with E-state index >= 15 is 0 Å². The fraction of sp³-hybridized carbons (Fsp3) is 0.316. The van der Waals surface area contributed by atoms with E-state index in [1.165, 1.54) is 0 Å². The summed E-state index contributed by atoms with van der Waals surface area (Å²) < 4.78 is 1.95. The van der Waals surface area contributed by atoms with Gasteiger partial charge in [-0.25, -0.2) is 4.98 Å². The molecule has 0 aliphatic heterocycles. The predicted molar refractivity (Wildman–Crippen MR) is 97.1 cm³/mol. The molecule has 130 valence electrons. The number of hydrogen-bond donors (Lipinski definition) is 2. The number of aromatic nitrogens is 3. The first-order chi connectivity index (χ1) is 12.1. The zero-order chi connectivity index (χ0) is 17.8. The van der Waals surface area contributed by atoms with Gasteiger partial charge in [-0.2, -0.15) is 0 Å². The number of benzene rings is 1. The summed E-state index contributed by atoms with van der Waals surface area (Å²) in [6, 6.07) is 13.5. The Hall–Kier alpha value is -2.73. The summed E-state index contributed by atoms with van der Waals surface area (Å²) in [5.74, 6) is -0.155. The highest BCUT2D eigenvalue weighted by Crippen LogP contribution is 2.20. The molecule has 25 heavy (non-hydrogen) atoms. The quantitative estimate of drug-likeness (QED) is 0.724. The molecule has 2 heterocycles. The van der Waals surface area contributed by atoms with Crippen molar-refractivity contribution in [1.82, 2.24) is 14.5 Å². The van der Waals surface area contributed by atoms with E-state index in [0.717, 1.165) is 23.1 Å². The highest BCUT2D eigenvalue weighted by molar-refractivity contribution is 5.94. The minimum absolute atomic E-state index is 0.161. The molecule has 0 spiro atoms. The second kappa shape index (κ2) is 7.44. The Labute approximate surface area is 146 Å². The first kappa shape index (κ1) is 17.1. The highest BCUT2D eigenvalue weighted by atomic mass is 16.3. The number of fused-ring (bicyclic) bond motifs is 1. The molecule has 0 radical (unpaired) electrons. The predicted octanol–water partition coefficient (Wildman–Crippen LogP) is 2.63. The van der Waals surface area contributed by atoms with E-state index in [9.17, 15) is 9.90 Å². The molecule has 0 saturated heterocycles. The van der Waals surface area contributed by atoms with E-state index in [2.05, 4.69) is 15.3 Å². The Morgan fingerprint density at radius 2 is 1.96 bits per heavy atom. The average Bonchev–Trinajstić information content (AvgIpc) is 2.97. The maximum absolute atomic E-state index is 12.2. The maximum atomic E-state index is 12.2. The largest absolute Gasteiger partial charge is 0.383 e. The van der Waals surface area contributed by atoms with Gasteiger partial charge in [-0.3, -0.25) is 15.1 Å². The van der Waals surface area contributed by atoms with E-state index in [-0.39, 0.29) is 5.92 Å². The van der Waals surface area contributed by atoms with Crippen LogP contribution in [0.25, 0.3) is 11.0 Å². The summed E-state index contributed by atoms with van der Waals surface area (Å²) in [6.45, 7) is 4.23. The molecule has 6 heteroatoms. The van der Waals surface area contributed by atoms with Crippen molar-refractivity contribution < 1.29 is 9.90 Å². The summed E-state index contributed by atoms with van der Waals surface area (Å²) in [5, 5.41) is 12.7. The molecular weight excluding hydrogens is 316 g/mol. The van der Waals surface area contributed by atoms with Crippen molar-refractivity contribution in [2.45, 2.75) is 32.9 Å². The van der Waals surface area contributed by atoms with Gasteiger partial charge in [0.25, 0.3) is 5.91 Å². The molecule has 0 bridgehead atoms. The molecule has 1 aromatic carbocycles. The van der Waals surface area contributed by atoms with Gasteiger partial charge < -0.3 is 9.67 Å². The van der Waals surface area contributed by atoms with Crippen LogP contribution in [-0.2, 0) is 17.8 Å². The summed E-state index contributed by atoms with van der Waals surface area (Å²) in [7, 11) is 0. The lowest BCUT2D eigenvalue weighted by molar-refractivity contribution is -0.126. The minimum Gasteiger partial charge on any atom is -0.383 e. The van der Waals surface area contributed by atoms with Gasteiger partial charge in [0.1, 0.15) is 6.10 Å². The number of aliphatic hydroxyl groups is 1. The molecular formula is C19H22N4O2. The Morgan fingerprint density at radius 3 is 2.68 bits per heavy atom. The van der Waals surface area contributed by atoms with Crippen LogP contribution in [-0.4, -0.2) is 31.7 Å². The average molecular weight is 338 g/mol. The fourth-order valence-electron chi connectivity index (χ4n) is 2.66. The smallest absolute Gasteiger partial charge is 0.255 e. The molecule has 3 rings (SSSR count). The Balaban J connectivity index is 1.88. The Bertz CT molecular complexity index is 858. The van der Waals surface area contributed by atoms with Crippen LogP contribution in [0.2, 0.25) is 0 Å². The normalized spacial score (nSPS) is 12.5. The van der Waals surface area contributed by atoms with E-state index in [4.69, 9.17) is 0 Å². The van der Waals surface area contributed by atoms with Crippen LogP contribution in [0.1, 0.15) is 19.5 Å². The number of pyridine rings is 1. The molecule has 0 aliphatic rings. The summed E-state index contributed by atoms with van der Waals surface area (Å²) in [4.78, 5) is 21.1. The number of nitrogens with one attached hydrogen (secondary N) is 1. The van der Waals surface area contributed by atoms with Crippen molar-refractivity contribution in [3.63, 3.8) is 0 Å². The highest BCUT2D eigenvalue weighted by Gasteiger charge is 2.21. The third-order valence-corrected chi connectivity index (χ3v) is 4.11. The third kappa shape index (κ3) is 3.85. The molecule has 3 aromatic rings. The number of carbonyl (C=O) groups excluding carboxylic acids is 1. The lowest BCUT2D eigenvalue weighted by atomic mass is 10.1. The number of anilines is 1. The van der Waals surface area contributed by atoms with Crippen molar-refractivity contribution in [2.75, 3.05) is 5.32 Å². The zero-order valence-electron chi connectivity index (χ0n) is 14.4. The van der Waals surface area contributed by atoms with E-state index in [1.54, 1.807) is 20.0 Å². The fourth-order valence-corrected chi connectivity index (χ4v) is 2.66. The lowest BCUT2D eigenvalue weighted by Gasteiger charge is -2.15. The van der Waals surface area contributed by atoms with Crippen LogP contribution in [0.4, 0.5) is 5.95 Å². The molecule has 2 aromatic heterocycles. The number of nitrogens with zero attached hydrogens (tertiary/aromatic N) is 3. The van der Waals surface area contributed by atoms with Crippen LogP contribution in [0.5, 0.6) is 0 Å². The second-order valence-corrected chi connectivity index (χ2v) is 6.32. The molecule has 0 aliphatic carbocycles. The van der Waals surface area contributed by atoms with Gasteiger partial charge in [-0.15, -0.1) is 0 Å². The van der Waals surface area contributed by atoms with Crippen molar-refractivity contribution in [3.05, 3.63) is 54.4 Å². The number of hydrogen-bond acceptors (Lipinski definition) is 4. The molecule has 2 N–H and O–H groups in total. The first-order valence-electron chi connectivity index (χ1n) is 8.40. The van der Waals surface area contributed by atoms with Gasteiger partial charge in [-0.1, -0.05) is 32.0 Å². The van der Waals surface area contributed by atoms with Crippen LogP contribution in [0, 0.1) is 5.92 Å². The van der Waals surface area contributed by atoms with Gasteiger partial charge in [0.05, 0.1) is 11.0 Å². The number of carbonyl (C=O) groups is 1. The monoisotopic (exact) mass is 338 g/mol. The van der Waals surface area contributed by atoms with Crippen LogP contribution in [0.3, 0.4) is 0 Å². The molecule has 0 fully saturated rings. The minimum atomic E-state index is -1.07. The second-order valence-electron chi connectivity index (χ2n) is 6.32. The standard InChI is InChI=1S/C19H22N4O2/c1-13(2)17(24)18(25)22-19-21-15-8-3-4-9-16(15)23(19)12-10-14-7-5-6-11-20-14/h3-9,11,13,17,24H,10,12H2,1-2H3,(H,21,22,25)/t17-/m0/s1. The van der Waals surface area contributed by atoms with Crippen molar-refractivity contribution in [3.8, 4) is 0 Å². The number of para-hydroxylation sites is 2. The third-order valence-electron chi connectivity index (χ3n) is 4.11. The molecule has 0 saturated carbocycles. The lowest BCUT2D eigenvalue weighted by Crippen LogP contribution is -2.33. The number of amides is 1.